The average molecular weight is 363 g/mol. The minimum atomic E-state index is -1.90. The second-order valence-electron chi connectivity index (χ2n) is 4.89. The van der Waals surface area contributed by atoms with Crippen LogP contribution in [-0.2, 0) is 19.1 Å². The Morgan fingerprint density at radius 2 is 1.52 bits per heavy atom. The normalized spacial score (nSPS) is 11.9. The van der Waals surface area contributed by atoms with Crippen LogP contribution in [0.4, 0.5) is 13.2 Å². The molecule has 0 heterocycles. The second-order valence-corrected chi connectivity index (χ2v) is 4.89. The van der Waals surface area contributed by atoms with Crippen LogP contribution in [0.1, 0.15) is 25.3 Å². The summed E-state index contributed by atoms with van der Waals surface area (Å²) in [6.45, 7) is 1.46. The zero-order valence-electron chi connectivity index (χ0n) is 13.5. The van der Waals surface area contributed by atoms with Crippen LogP contribution >= 0.6 is 0 Å². The van der Waals surface area contributed by atoms with E-state index < -0.39 is 58.3 Å². The third-order valence-electron chi connectivity index (χ3n) is 3.27. The number of nitro groups is 1. The summed E-state index contributed by atoms with van der Waals surface area (Å²) in [5.74, 6) is -10.3. The molecule has 0 fully saturated rings. The van der Waals surface area contributed by atoms with Crippen LogP contribution in [0.3, 0.4) is 0 Å². The molecule has 1 aromatic carbocycles. The average Bonchev–Trinajstić information content (AvgIpc) is 2.50. The molecular weight excluding hydrogens is 347 g/mol. The van der Waals surface area contributed by atoms with Crippen molar-refractivity contribution in [2.24, 2.45) is 5.92 Å². The van der Waals surface area contributed by atoms with E-state index in [9.17, 15) is 32.9 Å². The van der Waals surface area contributed by atoms with Gasteiger partial charge in [0.15, 0.2) is 17.6 Å². The Morgan fingerprint density at radius 1 is 1.04 bits per heavy atom. The van der Waals surface area contributed by atoms with Crippen LogP contribution in [0, 0.1) is 33.5 Å². The molecule has 0 radical (unpaired) electrons. The molecule has 0 amide bonds. The number of nitrogens with zero attached hydrogens (tertiary/aromatic N) is 1. The molecule has 0 aliphatic heterocycles. The topological polar surface area (TPSA) is 95.7 Å². The molecule has 0 bridgehead atoms. The molecule has 1 atom stereocenters. The summed E-state index contributed by atoms with van der Waals surface area (Å²) in [5.41, 5.74) is -0.693. The van der Waals surface area contributed by atoms with Crippen molar-refractivity contribution in [1.29, 1.82) is 0 Å². The van der Waals surface area contributed by atoms with E-state index in [0.717, 1.165) is 0 Å². The number of carbonyl (C=O) groups is 2. The molecule has 0 aromatic heterocycles. The highest BCUT2D eigenvalue weighted by Crippen LogP contribution is 2.31. The van der Waals surface area contributed by atoms with Crippen LogP contribution in [0.5, 0.6) is 0 Å². The van der Waals surface area contributed by atoms with Gasteiger partial charge in [-0.05, 0) is 19.9 Å². The van der Waals surface area contributed by atoms with E-state index in [-0.39, 0.29) is 19.3 Å². The molecular formula is C15H16F3NO6. The third-order valence-corrected chi connectivity index (χ3v) is 3.27. The smallest absolute Gasteiger partial charge is 0.321 e. The molecule has 0 N–H and O–H groups in total. The summed E-state index contributed by atoms with van der Waals surface area (Å²) in [6, 6.07) is 0.565. The molecule has 0 aliphatic rings. The summed E-state index contributed by atoms with van der Waals surface area (Å²) >= 11 is 0. The lowest BCUT2D eigenvalue weighted by Gasteiger charge is -2.22. The predicted octanol–water partition coefficient (Wildman–Crippen LogP) is 2.21. The summed E-state index contributed by atoms with van der Waals surface area (Å²) < 4.78 is 50.0. The first kappa shape index (κ1) is 20.4. The van der Waals surface area contributed by atoms with Gasteiger partial charge in [0.1, 0.15) is 5.82 Å². The van der Waals surface area contributed by atoms with E-state index in [0.29, 0.717) is 6.07 Å². The van der Waals surface area contributed by atoms with Crippen LogP contribution in [-0.4, -0.2) is 36.6 Å². The SMILES string of the molecule is CCOC(=O)C(C(=O)OCC)[C@@H](C[N+](=O)[O-])c1cc(F)c(F)cc1F. The van der Waals surface area contributed by atoms with Crippen LogP contribution in [0.15, 0.2) is 12.1 Å². The van der Waals surface area contributed by atoms with E-state index in [4.69, 9.17) is 9.47 Å². The molecule has 138 valence electrons. The summed E-state index contributed by atoms with van der Waals surface area (Å²) in [7, 11) is 0. The fraction of sp³-hybridized carbons (Fsp3) is 0.467. The lowest BCUT2D eigenvalue weighted by atomic mass is 9.85. The van der Waals surface area contributed by atoms with Gasteiger partial charge < -0.3 is 9.47 Å². The predicted molar refractivity (Wildman–Crippen MR) is 77.7 cm³/mol. The molecule has 1 rings (SSSR count). The Morgan fingerprint density at radius 3 is 1.96 bits per heavy atom. The first-order chi connectivity index (χ1) is 11.7. The lowest BCUT2D eigenvalue weighted by Crippen LogP contribution is -2.37. The van der Waals surface area contributed by atoms with Crippen molar-refractivity contribution in [2.75, 3.05) is 19.8 Å². The Balaban J connectivity index is 3.46. The number of esters is 2. The van der Waals surface area contributed by atoms with Crippen molar-refractivity contribution in [3.05, 3.63) is 45.3 Å². The van der Waals surface area contributed by atoms with Crippen LogP contribution < -0.4 is 0 Å². The van der Waals surface area contributed by atoms with Gasteiger partial charge in [-0.1, -0.05) is 0 Å². The molecule has 10 heteroatoms. The highest BCUT2D eigenvalue weighted by Gasteiger charge is 2.42. The standard InChI is InChI=1S/C15H16F3NO6/c1-3-24-14(20)13(15(21)25-4-2)9(7-19(22)23)8-5-11(17)12(18)6-10(8)16/h5-6,9,13H,3-4,7H2,1-2H3/t9-/m0/s1. The maximum absolute atomic E-state index is 14.1. The molecule has 0 unspecified atom stereocenters. The monoisotopic (exact) mass is 363 g/mol. The number of halogens is 3. The lowest BCUT2D eigenvalue weighted by molar-refractivity contribution is -0.484. The van der Waals surface area contributed by atoms with E-state index >= 15 is 0 Å². The fourth-order valence-corrected chi connectivity index (χ4v) is 2.25. The largest absolute Gasteiger partial charge is 0.465 e. The Bertz CT molecular complexity index is 649. The minimum Gasteiger partial charge on any atom is -0.465 e. The number of hydrogen-bond donors (Lipinski definition) is 0. The summed E-state index contributed by atoms with van der Waals surface area (Å²) in [5, 5.41) is 10.9. The quantitative estimate of drug-likeness (QED) is 0.231. The number of hydrogen-bond acceptors (Lipinski definition) is 6. The van der Waals surface area contributed by atoms with Gasteiger partial charge in [-0.15, -0.1) is 0 Å². The van der Waals surface area contributed by atoms with Gasteiger partial charge in [0.05, 0.1) is 19.1 Å². The van der Waals surface area contributed by atoms with Gasteiger partial charge >= 0.3 is 11.9 Å². The van der Waals surface area contributed by atoms with Crippen molar-refractivity contribution in [3.8, 4) is 0 Å². The molecule has 25 heavy (non-hydrogen) atoms. The zero-order valence-corrected chi connectivity index (χ0v) is 13.5. The number of benzene rings is 1. The van der Waals surface area contributed by atoms with E-state index in [1.54, 1.807) is 0 Å². The molecule has 0 spiro atoms. The van der Waals surface area contributed by atoms with Crippen molar-refractivity contribution in [3.63, 3.8) is 0 Å². The molecule has 0 saturated carbocycles. The molecule has 1 aromatic rings. The van der Waals surface area contributed by atoms with Gasteiger partial charge in [0.2, 0.25) is 6.54 Å². The molecule has 7 nitrogen and oxygen atoms in total. The van der Waals surface area contributed by atoms with Crippen molar-refractivity contribution in [1.82, 2.24) is 0 Å². The zero-order chi connectivity index (χ0) is 19.1. The van der Waals surface area contributed by atoms with E-state index in [1.165, 1.54) is 13.8 Å². The van der Waals surface area contributed by atoms with E-state index in [1.807, 2.05) is 0 Å². The van der Waals surface area contributed by atoms with Crippen LogP contribution in [0.2, 0.25) is 0 Å². The van der Waals surface area contributed by atoms with E-state index in [2.05, 4.69) is 0 Å². The first-order valence-corrected chi connectivity index (χ1v) is 7.32. The number of rotatable bonds is 8. The van der Waals surface area contributed by atoms with Crippen molar-refractivity contribution < 1.29 is 37.2 Å². The molecule has 0 saturated heterocycles. The Kier molecular flexibility index (Phi) is 7.34. The van der Waals surface area contributed by atoms with Gasteiger partial charge in [-0.25, -0.2) is 13.2 Å². The highest BCUT2D eigenvalue weighted by molar-refractivity contribution is 5.96. The third kappa shape index (κ3) is 5.16. The fourth-order valence-electron chi connectivity index (χ4n) is 2.25. The van der Waals surface area contributed by atoms with Crippen LogP contribution in [0.25, 0.3) is 0 Å². The van der Waals surface area contributed by atoms with Gasteiger partial charge in [0.25, 0.3) is 0 Å². The first-order valence-electron chi connectivity index (χ1n) is 7.32. The van der Waals surface area contributed by atoms with Crippen molar-refractivity contribution >= 4 is 11.9 Å². The van der Waals surface area contributed by atoms with Gasteiger partial charge in [-0.2, -0.15) is 0 Å². The Labute approximate surface area is 140 Å². The number of ether oxygens (including phenoxy) is 2. The maximum Gasteiger partial charge on any atom is 0.321 e. The minimum absolute atomic E-state index is 0.153. The maximum atomic E-state index is 14.1. The highest BCUT2D eigenvalue weighted by atomic mass is 19.2. The summed E-state index contributed by atoms with van der Waals surface area (Å²) in [6.07, 6.45) is 0. The van der Waals surface area contributed by atoms with Gasteiger partial charge in [-0.3, -0.25) is 19.7 Å². The Hall–Kier alpha value is -2.65. The number of carbonyl (C=O) groups excluding carboxylic acids is 2. The second kappa shape index (κ2) is 9.00. The van der Waals surface area contributed by atoms with Crippen molar-refractivity contribution in [2.45, 2.75) is 19.8 Å². The molecule has 0 aliphatic carbocycles. The summed E-state index contributed by atoms with van der Waals surface area (Å²) in [4.78, 5) is 34.2. The van der Waals surface area contributed by atoms with Gasteiger partial charge in [0, 0.05) is 16.6 Å².